The molecule has 1 aliphatic rings. The number of halogens is 2. The van der Waals surface area contributed by atoms with E-state index in [0.717, 1.165) is 13.1 Å². The predicted octanol–water partition coefficient (Wildman–Crippen LogP) is 1.68. The van der Waals surface area contributed by atoms with Crippen molar-refractivity contribution in [1.29, 1.82) is 0 Å². The lowest BCUT2D eigenvalue weighted by Crippen LogP contribution is -2.52. The first kappa shape index (κ1) is 21.3. The summed E-state index contributed by atoms with van der Waals surface area (Å²) in [6.45, 7) is 3.48. The third-order valence-electron chi connectivity index (χ3n) is 4.03. The van der Waals surface area contributed by atoms with E-state index in [1.165, 1.54) is 25.7 Å². The Morgan fingerprint density at radius 1 is 1.26 bits per heavy atom. The van der Waals surface area contributed by atoms with Gasteiger partial charge in [-0.15, -0.1) is 24.8 Å². The number of carbonyl (C=O) groups excluding carboxylic acids is 1. The first-order valence-electron chi connectivity index (χ1n) is 6.61. The minimum Gasteiger partial charge on any atom is -0.354 e. The second kappa shape index (κ2) is 9.81. The van der Waals surface area contributed by atoms with Gasteiger partial charge in [-0.25, -0.2) is 0 Å². The van der Waals surface area contributed by atoms with Gasteiger partial charge in [-0.2, -0.15) is 0 Å². The highest BCUT2D eigenvalue weighted by atomic mass is 35.5. The van der Waals surface area contributed by atoms with Gasteiger partial charge in [-0.05, 0) is 34.0 Å². The van der Waals surface area contributed by atoms with Gasteiger partial charge < -0.3 is 15.5 Å². The van der Waals surface area contributed by atoms with Crippen LogP contribution in [0.1, 0.15) is 32.6 Å². The number of likely N-dealkylation sites (N-methyl/N-ethyl adjacent to an activating group) is 1. The molecule has 116 valence electrons. The highest BCUT2D eigenvalue weighted by Gasteiger charge is 2.36. The quantitative estimate of drug-likeness (QED) is 0.784. The Balaban J connectivity index is 0. The van der Waals surface area contributed by atoms with E-state index < -0.39 is 0 Å². The van der Waals surface area contributed by atoms with Crippen molar-refractivity contribution in [3.05, 3.63) is 0 Å². The maximum atomic E-state index is 11.9. The van der Waals surface area contributed by atoms with E-state index in [4.69, 9.17) is 0 Å². The molecule has 1 aliphatic carbocycles. The summed E-state index contributed by atoms with van der Waals surface area (Å²) in [5.74, 6) is 0.202. The molecule has 1 amide bonds. The van der Waals surface area contributed by atoms with Crippen molar-refractivity contribution in [3.8, 4) is 0 Å². The van der Waals surface area contributed by atoms with Crippen LogP contribution < -0.4 is 10.6 Å². The Bertz CT molecular complexity index is 256. The van der Waals surface area contributed by atoms with Gasteiger partial charge in [-0.3, -0.25) is 4.79 Å². The Hall–Kier alpha value is -0.0300. The van der Waals surface area contributed by atoms with Crippen LogP contribution in [-0.2, 0) is 4.79 Å². The molecule has 1 saturated carbocycles. The topological polar surface area (TPSA) is 44.4 Å². The van der Waals surface area contributed by atoms with Gasteiger partial charge in [0.15, 0.2) is 0 Å². The summed E-state index contributed by atoms with van der Waals surface area (Å²) in [5.41, 5.74) is 0.190. The summed E-state index contributed by atoms with van der Waals surface area (Å²) < 4.78 is 0. The zero-order valence-corrected chi connectivity index (χ0v) is 14.1. The molecule has 4 nitrogen and oxygen atoms in total. The van der Waals surface area contributed by atoms with E-state index >= 15 is 0 Å². The van der Waals surface area contributed by atoms with Crippen LogP contribution in [0.4, 0.5) is 0 Å². The summed E-state index contributed by atoms with van der Waals surface area (Å²) in [6.07, 6.45) is 4.95. The van der Waals surface area contributed by atoms with E-state index in [1.54, 1.807) is 0 Å². The van der Waals surface area contributed by atoms with Crippen LogP contribution in [-0.4, -0.2) is 50.6 Å². The lowest BCUT2D eigenvalue weighted by atomic mass is 9.95. The molecular formula is C13H29Cl2N3O. The summed E-state index contributed by atoms with van der Waals surface area (Å²) in [7, 11) is 6.12. The van der Waals surface area contributed by atoms with Crippen molar-refractivity contribution in [2.75, 3.05) is 34.2 Å². The molecule has 0 aliphatic heterocycles. The molecule has 1 unspecified atom stereocenters. The second-order valence-electron chi connectivity index (χ2n) is 5.50. The van der Waals surface area contributed by atoms with Crippen LogP contribution in [0.3, 0.4) is 0 Å². The van der Waals surface area contributed by atoms with E-state index in [9.17, 15) is 4.79 Å². The molecule has 0 aromatic rings. The van der Waals surface area contributed by atoms with Crippen LogP contribution in [0.25, 0.3) is 0 Å². The lowest BCUT2D eigenvalue weighted by molar-refractivity contribution is -0.124. The highest BCUT2D eigenvalue weighted by molar-refractivity contribution is 5.85. The fraction of sp³-hybridized carbons (Fsp3) is 0.923. The van der Waals surface area contributed by atoms with E-state index in [2.05, 4.69) is 29.6 Å². The number of hydrogen-bond donors (Lipinski definition) is 2. The maximum absolute atomic E-state index is 11.9. The number of rotatable bonds is 6. The monoisotopic (exact) mass is 313 g/mol. The number of amides is 1. The molecule has 0 aromatic heterocycles. The van der Waals surface area contributed by atoms with Gasteiger partial charge in [0.25, 0.3) is 0 Å². The number of carbonyl (C=O) groups is 1. The fourth-order valence-electron chi connectivity index (χ4n) is 2.64. The summed E-state index contributed by atoms with van der Waals surface area (Å²) in [5, 5.41) is 6.15. The normalized spacial score (nSPS) is 18.4. The predicted molar refractivity (Wildman–Crippen MR) is 85.5 cm³/mol. The molecule has 1 fully saturated rings. The van der Waals surface area contributed by atoms with Gasteiger partial charge in [-0.1, -0.05) is 19.8 Å². The molecule has 1 rings (SSSR count). The first-order chi connectivity index (χ1) is 8.02. The van der Waals surface area contributed by atoms with E-state index in [1.807, 2.05) is 14.0 Å². The summed E-state index contributed by atoms with van der Waals surface area (Å²) in [4.78, 5) is 14.2. The maximum Gasteiger partial charge on any atom is 0.224 e. The van der Waals surface area contributed by atoms with Gasteiger partial charge in [0.05, 0.1) is 0 Å². The van der Waals surface area contributed by atoms with Gasteiger partial charge >= 0.3 is 0 Å². The van der Waals surface area contributed by atoms with Crippen LogP contribution >= 0.6 is 24.8 Å². The number of nitrogens with one attached hydrogen (secondary N) is 2. The molecule has 0 radical (unpaired) electrons. The van der Waals surface area contributed by atoms with Gasteiger partial charge in [0.2, 0.25) is 5.91 Å². The van der Waals surface area contributed by atoms with Crippen LogP contribution in [0, 0.1) is 5.92 Å². The van der Waals surface area contributed by atoms with Crippen molar-refractivity contribution in [2.24, 2.45) is 5.92 Å². The van der Waals surface area contributed by atoms with Crippen molar-refractivity contribution < 1.29 is 4.79 Å². The Labute approximate surface area is 129 Å². The SMILES string of the molecule is CNCC(C)C(=O)NCC1(N(C)C)CCCC1.Cl.Cl. The van der Waals surface area contributed by atoms with Gasteiger partial charge in [0.1, 0.15) is 0 Å². The summed E-state index contributed by atoms with van der Waals surface area (Å²) >= 11 is 0. The standard InChI is InChI=1S/C13H27N3O.2ClH/c1-11(9-14-2)12(17)15-10-13(16(3)4)7-5-6-8-13;;/h11,14H,5-10H2,1-4H3,(H,15,17);2*1H. The van der Waals surface area contributed by atoms with Crippen LogP contribution in [0.5, 0.6) is 0 Å². The zero-order chi connectivity index (χ0) is 12.9. The smallest absolute Gasteiger partial charge is 0.224 e. The third kappa shape index (κ3) is 5.86. The lowest BCUT2D eigenvalue weighted by Gasteiger charge is -2.36. The number of nitrogens with zero attached hydrogens (tertiary/aromatic N) is 1. The number of hydrogen-bond acceptors (Lipinski definition) is 3. The average Bonchev–Trinajstić information content (AvgIpc) is 2.76. The Kier molecular flexibility index (Phi) is 11.0. The van der Waals surface area contributed by atoms with E-state index in [0.29, 0.717) is 0 Å². The zero-order valence-electron chi connectivity index (χ0n) is 12.5. The minimum absolute atomic E-state index is 0. The molecule has 0 aromatic carbocycles. The van der Waals surface area contributed by atoms with Crippen molar-refractivity contribution in [1.82, 2.24) is 15.5 Å². The molecule has 0 bridgehead atoms. The highest BCUT2D eigenvalue weighted by Crippen LogP contribution is 2.33. The molecule has 2 N–H and O–H groups in total. The average molecular weight is 314 g/mol. The second-order valence-corrected chi connectivity index (χ2v) is 5.50. The molecule has 0 saturated heterocycles. The first-order valence-corrected chi connectivity index (χ1v) is 6.61. The van der Waals surface area contributed by atoms with Crippen molar-refractivity contribution in [2.45, 2.75) is 38.1 Å². The molecule has 19 heavy (non-hydrogen) atoms. The molecule has 0 spiro atoms. The fourth-order valence-corrected chi connectivity index (χ4v) is 2.64. The molecule has 0 heterocycles. The minimum atomic E-state index is 0. The summed E-state index contributed by atoms with van der Waals surface area (Å²) in [6, 6.07) is 0. The third-order valence-corrected chi connectivity index (χ3v) is 4.03. The Morgan fingerprint density at radius 3 is 2.21 bits per heavy atom. The molecular weight excluding hydrogens is 285 g/mol. The van der Waals surface area contributed by atoms with Crippen LogP contribution in [0.2, 0.25) is 0 Å². The molecule has 6 heteroatoms. The van der Waals surface area contributed by atoms with Gasteiger partial charge in [0, 0.05) is 24.5 Å². The Morgan fingerprint density at radius 2 is 1.79 bits per heavy atom. The van der Waals surface area contributed by atoms with Crippen molar-refractivity contribution >= 4 is 30.7 Å². The van der Waals surface area contributed by atoms with E-state index in [-0.39, 0.29) is 42.2 Å². The molecule has 1 atom stereocenters. The van der Waals surface area contributed by atoms with Crippen molar-refractivity contribution in [3.63, 3.8) is 0 Å². The van der Waals surface area contributed by atoms with Crippen LogP contribution in [0.15, 0.2) is 0 Å². The largest absolute Gasteiger partial charge is 0.354 e.